The SMILES string of the molecule is CS(=O)(=O)N(CC(=O)N(Cc1ccc(Cl)cc1)[C@@H](Cc1ccccc1)C(=O)NCc1ccc(Cl)cc1)Cc1ccccc1. The van der Waals surface area contributed by atoms with E-state index >= 15 is 0 Å². The minimum absolute atomic E-state index is 0.0202. The highest BCUT2D eigenvalue weighted by atomic mass is 35.5. The molecule has 0 saturated heterocycles. The number of rotatable bonds is 13. The first-order chi connectivity index (χ1) is 20.6. The lowest BCUT2D eigenvalue weighted by Gasteiger charge is -2.33. The Kier molecular flexibility index (Phi) is 11.4. The molecular weight excluding hydrogens is 605 g/mol. The van der Waals surface area contributed by atoms with Gasteiger partial charge in [0.15, 0.2) is 0 Å². The summed E-state index contributed by atoms with van der Waals surface area (Å²) >= 11 is 12.1. The predicted octanol–water partition coefficient (Wildman–Crippen LogP) is 5.71. The molecule has 0 aliphatic heterocycles. The molecule has 0 heterocycles. The van der Waals surface area contributed by atoms with Gasteiger partial charge in [0.1, 0.15) is 6.04 Å². The van der Waals surface area contributed by atoms with E-state index in [0.29, 0.717) is 10.0 Å². The van der Waals surface area contributed by atoms with Gasteiger partial charge in [0, 0.05) is 36.1 Å². The zero-order chi connectivity index (χ0) is 30.8. The van der Waals surface area contributed by atoms with Crippen LogP contribution in [0.1, 0.15) is 22.3 Å². The van der Waals surface area contributed by atoms with Crippen LogP contribution in [0.5, 0.6) is 0 Å². The highest BCUT2D eigenvalue weighted by Crippen LogP contribution is 2.19. The van der Waals surface area contributed by atoms with Gasteiger partial charge in [-0.25, -0.2) is 8.42 Å². The number of benzene rings is 4. The molecule has 0 spiro atoms. The third-order valence-corrected chi connectivity index (χ3v) is 8.60. The number of sulfonamides is 1. The summed E-state index contributed by atoms with van der Waals surface area (Å²) in [5, 5.41) is 4.09. The Balaban J connectivity index is 1.67. The van der Waals surface area contributed by atoms with Crippen molar-refractivity contribution in [3.05, 3.63) is 141 Å². The molecule has 0 radical (unpaired) electrons. The predicted molar refractivity (Wildman–Crippen MR) is 171 cm³/mol. The first-order valence-electron chi connectivity index (χ1n) is 13.7. The van der Waals surface area contributed by atoms with Crippen molar-refractivity contribution in [3.8, 4) is 0 Å². The van der Waals surface area contributed by atoms with Crippen LogP contribution in [0.3, 0.4) is 0 Å². The Morgan fingerprint density at radius 3 is 1.72 bits per heavy atom. The Hall–Kier alpha value is -3.69. The monoisotopic (exact) mass is 637 g/mol. The lowest BCUT2D eigenvalue weighted by Crippen LogP contribution is -2.53. The van der Waals surface area contributed by atoms with Crippen LogP contribution >= 0.6 is 23.2 Å². The average Bonchev–Trinajstić information content (AvgIpc) is 2.99. The van der Waals surface area contributed by atoms with Gasteiger partial charge in [0.25, 0.3) is 0 Å². The van der Waals surface area contributed by atoms with Crippen LogP contribution in [0, 0.1) is 0 Å². The van der Waals surface area contributed by atoms with Crippen molar-refractivity contribution < 1.29 is 18.0 Å². The molecule has 0 unspecified atom stereocenters. The van der Waals surface area contributed by atoms with Gasteiger partial charge >= 0.3 is 0 Å². The maximum Gasteiger partial charge on any atom is 0.243 e. The van der Waals surface area contributed by atoms with Crippen molar-refractivity contribution in [2.24, 2.45) is 0 Å². The number of carbonyl (C=O) groups is 2. The maximum absolute atomic E-state index is 14.1. The van der Waals surface area contributed by atoms with Crippen molar-refractivity contribution in [2.45, 2.75) is 32.1 Å². The number of hydrogen-bond donors (Lipinski definition) is 1. The number of hydrogen-bond acceptors (Lipinski definition) is 4. The molecule has 0 aliphatic rings. The molecule has 10 heteroatoms. The first kappa shape index (κ1) is 32.2. The standard InChI is InChI=1S/C33H33Cl2N3O4S/c1-43(41,42)37(22-27-10-6-3-7-11-27)24-32(39)38(23-28-14-18-30(35)19-15-28)31(20-25-8-4-2-5-9-25)33(40)36-21-26-12-16-29(34)17-13-26/h2-19,31H,20-24H2,1H3,(H,36,40)/t31-/m0/s1. The van der Waals surface area contributed by atoms with Crippen LogP contribution in [0.15, 0.2) is 109 Å². The summed E-state index contributed by atoms with van der Waals surface area (Å²) < 4.78 is 26.8. The van der Waals surface area contributed by atoms with Gasteiger partial charge in [0.2, 0.25) is 21.8 Å². The maximum atomic E-state index is 14.1. The van der Waals surface area contributed by atoms with E-state index in [9.17, 15) is 18.0 Å². The minimum Gasteiger partial charge on any atom is -0.350 e. The minimum atomic E-state index is -3.77. The average molecular weight is 639 g/mol. The molecular formula is C33H33Cl2N3O4S. The van der Waals surface area contributed by atoms with Gasteiger partial charge in [-0.3, -0.25) is 9.59 Å². The fourth-order valence-corrected chi connectivity index (χ4v) is 5.55. The van der Waals surface area contributed by atoms with Crippen molar-refractivity contribution in [3.63, 3.8) is 0 Å². The van der Waals surface area contributed by atoms with Crippen LogP contribution < -0.4 is 5.32 Å². The van der Waals surface area contributed by atoms with Gasteiger partial charge in [-0.05, 0) is 46.5 Å². The van der Waals surface area contributed by atoms with E-state index in [0.717, 1.165) is 32.8 Å². The quantitative estimate of drug-likeness (QED) is 0.203. The normalized spacial score (nSPS) is 12.1. The number of amides is 2. The van der Waals surface area contributed by atoms with Crippen molar-refractivity contribution in [1.82, 2.24) is 14.5 Å². The Labute approximate surface area is 263 Å². The largest absolute Gasteiger partial charge is 0.350 e. The van der Waals surface area contributed by atoms with Crippen LogP contribution in [-0.2, 0) is 45.7 Å². The molecule has 4 aromatic carbocycles. The highest BCUT2D eigenvalue weighted by molar-refractivity contribution is 7.88. The Bertz CT molecular complexity index is 1600. The van der Waals surface area contributed by atoms with Crippen molar-refractivity contribution >= 4 is 45.0 Å². The van der Waals surface area contributed by atoms with E-state index in [4.69, 9.17) is 23.2 Å². The highest BCUT2D eigenvalue weighted by Gasteiger charge is 2.33. The van der Waals surface area contributed by atoms with Gasteiger partial charge in [-0.2, -0.15) is 4.31 Å². The third kappa shape index (κ3) is 9.93. The molecule has 0 fully saturated rings. The van der Waals surface area contributed by atoms with E-state index < -0.39 is 28.5 Å². The third-order valence-electron chi connectivity index (χ3n) is 6.90. The molecule has 224 valence electrons. The fraction of sp³-hybridized carbons (Fsp3) is 0.212. The van der Waals surface area contributed by atoms with Gasteiger partial charge in [0.05, 0.1) is 12.8 Å². The molecule has 0 aliphatic carbocycles. The lowest BCUT2D eigenvalue weighted by atomic mass is 10.0. The zero-order valence-electron chi connectivity index (χ0n) is 23.7. The Morgan fingerprint density at radius 2 is 1.19 bits per heavy atom. The summed E-state index contributed by atoms with van der Waals surface area (Å²) in [6, 6.07) is 31.6. The summed E-state index contributed by atoms with van der Waals surface area (Å²) in [5.74, 6) is -0.867. The van der Waals surface area contributed by atoms with Crippen molar-refractivity contribution in [1.29, 1.82) is 0 Å². The smallest absolute Gasteiger partial charge is 0.243 e. The van der Waals surface area contributed by atoms with E-state index in [2.05, 4.69) is 5.32 Å². The molecule has 0 saturated carbocycles. The molecule has 43 heavy (non-hydrogen) atoms. The summed E-state index contributed by atoms with van der Waals surface area (Å²) in [5.41, 5.74) is 3.19. The number of nitrogens with one attached hydrogen (secondary N) is 1. The lowest BCUT2D eigenvalue weighted by molar-refractivity contribution is -0.141. The molecule has 4 rings (SSSR count). The zero-order valence-corrected chi connectivity index (χ0v) is 26.0. The first-order valence-corrected chi connectivity index (χ1v) is 16.3. The van der Waals surface area contributed by atoms with Crippen LogP contribution in [0.25, 0.3) is 0 Å². The summed E-state index contributed by atoms with van der Waals surface area (Å²) in [4.78, 5) is 29.4. The summed E-state index contributed by atoms with van der Waals surface area (Å²) in [6.45, 7) is -0.109. The molecule has 0 aromatic heterocycles. The fourth-order valence-electron chi connectivity index (χ4n) is 4.57. The number of nitrogens with zero attached hydrogens (tertiary/aromatic N) is 2. The van der Waals surface area contributed by atoms with Crippen LogP contribution in [-0.4, -0.2) is 48.3 Å². The Morgan fingerprint density at radius 1 is 0.698 bits per heavy atom. The second-order valence-electron chi connectivity index (χ2n) is 10.2. The van der Waals surface area contributed by atoms with E-state index in [-0.39, 0.29) is 32.0 Å². The van der Waals surface area contributed by atoms with Crippen molar-refractivity contribution in [2.75, 3.05) is 12.8 Å². The van der Waals surface area contributed by atoms with Gasteiger partial charge < -0.3 is 10.2 Å². The topological polar surface area (TPSA) is 86.8 Å². The molecule has 4 aromatic rings. The van der Waals surface area contributed by atoms with Gasteiger partial charge in [-0.1, -0.05) is 108 Å². The van der Waals surface area contributed by atoms with E-state index in [1.165, 1.54) is 4.90 Å². The second kappa shape index (κ2) is 15.2. The van der Waals surface area contributed by atoms with Crippen LogP contribution in [0.2, 0.25) is 10.0 Å². The van der Waals surface area contributed by atoms with Gasteiger partial charge in [-0.15, -0.1) is 0 Å². The summed E-state index contributed by atoms with van der Waals surface area (Å²) in [6.07, 6.45) is 1.30. The molecule has 1 atom stereocenters. The molecule has 1 N–H and O–H groups in total. The second-order valence-corrected chi connectivity index (χ2v) is 13.1. The number of carbonyl (C=O) groups excluding carboxylic acids is 2. The number of halogens is 2. The van der Waals surface area contributed by atoms with Crippen LogP contribution in [0.4, 0.5) is 0 Å². The van der Waals surface area contributed by atoms with E-state index in [1.54, 1.807) is 48.5 Å². The molecule has 2 amide bonds. The molecule has 7 nitrogen and oxygen atoms in total. The summed E-state index contributed by atoms with van der Waals surface area (Å²) in [7, 11) is -3.77. The molecule has 0 bridgehead atoms. The van der Waals surface area contributed by atoms with E-state index in [1.807, 2.05) is 60.7 Å².